The van der Waals surface area contributed by atoms with Gasteiger partial charge < -0.3 is 4.74 Å². The van der Waals surface area contributed by atoms with Gasteiger partial charge in [-0.2, -0.15) is 5.26 Å². The third-order valence-corrected chi connectivity index (χ3v) is 8.00. The highest BCUT2D eigenvalue weighted by Crippen LogP contribution is 2.48. The summed E-state index contributed by atoms with van der Waals surface area (Å²) in [6.07, 6.45) is 18.0. The van der Waals surface area contributed by atoms with Gasteiger partial charge in [-0.25, -0.2) is 0 Å². The molecule has 2 aromatic carbocycles. The number of hydrogen-bond donors (Lipinski definition) is 0. The van der Waals surface area contributed by atoms with E-state index in [-0.39, 0.29) is 5.41 Å². The molecule has 1 aliphatic carbocycles. The van der Waals surface area contributed by atoms with Crippen molar-refractivity contribution in [2.75, 3.05) is 6.61 Å². The molecule has 1 saturated carbocycles. The molecular formula is C33H47NO. The molecule has 2 aromatic rings. The van der Waals surface area contributed by atoms with Crippen molar-refractivity contribution in [1.82, 2.24) is 0 Å². The van der Waals surface area contributed by atoms with Gasteiger partial charge in [0.25, 0.3) is 0 Å². The number of nitrogens with zero attached hydrogens (tertiary/aromatic N) is 1. The molecule has 190 valence electrons. The van der Waals surface area contributed by atoms with E-state index < -0.39 is 0 Å². The lowest BCUT2D eigenvalue weighted by atomic mass is 9.67. The summed E-state index contributed by atoms with van der Waals surface area (Å²) >= 11 is 0. The molecular weight excluding hydrogens is 426 g/mol. The summed E-state index contributed by atoms with van der Waals surface area (Å²) in [4.78, 5) is 0. The van der Waals surface area contributed by atoms with E-state index in [0.717, 1.165) is 50.9 Å². The minimum Gasteiger partial charge on any atom is -0.494 e. The van der Waals surface area contributed by atoms with Crippen LogP contribution in [0.4, 0.5) is 0 Å². The topological polar surface area (TPSA) is 33.0 Å². The van der Waals surface area contributed by atoms with Crippen LogP contribution in [0.2, 0.25) is 0 Å². The summed E-state index contributed by atoms with van der Waals surface area (Å²) in [7, 11) is 0. The van der Waals surface area contributed by atoms with E-state index >= 15 is 0 Å². The van der Waals surface area contributed by atoms with Crippen molar-refractivity contribution in [1.29, 1.82) is 5.26 Å². The standard InChI is InChI=1S/C33H47NO/c1-3-5-7-9-10-14-22-33(27-34)23-20-29(21-24-33)32-26-30(35-25-15-8-6-4-2)18-19-31(32)28-16-12-11-13-17-28/h11-13,16-19,26,29H,3-10,14-15,20-25H2,1-2H3. The van der Waals surface area contributed by atoms with E-state index in [1.165, 1.54) is 74.5 Å². The van der Waals surface area contributed by atoms with Crippen LogP contribution in [0.3, 0.4) is 0 Å². The zero-order valence-electron chi connectivity index (χ0n) is 22.4. The van der Waals surface area contributed by atoms with Crippen LogP contribution in [0, 0.1) is 16.7 Å². The molecule has 0 N–H and O–H groups in total. The number of benzene rings is 2. The van der Waals surface area contributed by atoms with Crippen LogP contribution >= 0.6 is 0 Å². The molecule has 2 nitrogen and oxygen atoms in total. The number of rotatable bonds is 15. The van der Waals surface area contributed by atoms with E-state index in [4.69, 9.17) is 4.74 Å². The van der Waals surface area contributed by atoms with Gasteiger partial charge in [-0.3, -0.25) is 0 Å². The molecule has 0 spiro atoms. The third-order valence-electron chi connectivity index (χ3n) is 8.00. The largest absolute Gasteiger partial charge is 0.494 e. The lowest BCUT2D eigenvalue weighted by Gasteiger charge is -2.36. The van der Waals surface area contributed by atoms with Crippen LogP contribution in [0.1, 0.15) is 122 Å². The number of hydrogen-bond acceptors (Lipinski definition) is 2. The predicted molar refractivity (Wildman–Crippen MR) is 149 cm³/mol. The number of unbranched alkanes of at least 4 members (excludes halogenated alkanes) is 8. The van der Waals surface area contributed by atoms with Gasteiger partial charge in [0.1, 0.15) is 5.75 Å². The Balaban J connectivity index is 1.66. The highest BCUT2D eigenvalue weighted by Gasteiger charge is 2.36. The Bertz CT molecular complexity index is 889. The fourth-order valence-electron chi connectivity index (χ4n) is 5.71. The van der Waals surface area contributed by atoms with Crippen LogP contribution in [0.5, 0.6) is 5.75 Å². The molecule has 1 fully saturated rings. The molecule has 0 atom stereocenters. The minimum atomic E-state index is -0.110. The van der Waals surface area contributed by atoms with Crippen LogP contribution in [0.15, 0.2) is 48.5 Å². The van der Waals surface area contributed by atoms with Crippen LogP contribution in [0.25, 0.3) is 11.1 Å². The maximum Gasteiger partial charge on any atom is 0.119 e. The Labute approximate surface area is 215 Å². The van der Waals surface area contributed by atoms with E-state index in [1.54, 1.807) is 0 Å². The molecule has 0 saturated heterocycles. The minimum absolute atomic E-state index is 0.110. The summed E-state index contributed by atoms with van der Waals surface area (Å²) in [5.41, 5.74) is 3.91. The Morgan fingerprint density at radius 1 is 0.829 bits per heavy atom. The van der Waals surface area contributed by atoms with Crippen molar-refractivity contribution in [3.63, 3.8) is 0 Å². The molecule has 0 amide bonds. The smallest absolute Gasteiger partial charge is 0.119 e. The van der Waals surface area contributed by atoms with Gasteiger partial charge in [0.05, 0.1) is 18.1 Å². The zero-order chi connectivity index (χ0) is 24.8. The fraction of sp³-hybridized carbons (Fsp3) is 0.606. The molecule has 0 heterocycles. The molecule has 2 heteroatoms. The van der Waals surface area contributed by atoms with Crippen LogP contribution in [-0.4, -0.2) is 6.61 Å². The van der Waals surface area contributed by atoms with E-state index in [0.29, 0.717) is 5.92 Å². The Hall–Kier alpha value is -2.27. The van der Waals surface area contributed by atoms with E-state index in [1.807, 2.05) is 0 Å². The average Bonchev–Trinajstić information content (AvgIpc) is 2.91. The lowest BCUT2D eigenvalue weighted by molar-refractivity contribution is 0.222. The first-order valence-electron chi connectivity index (χ1n) is 14.4. The second kappa shape index (κ2) is 15.0. The molecule has 0 aliphatic heterocycles. The summed E-state index contributed by atoms with van der Waals surface area (Å²) in [5, 5.41) is 10.1. The molecule has 1 aliphatic rings. The average molecular weight is 474 g/mol. The normalized spacial score (nSPS) is 19.9. The second-order valence-electron chi connectivity index (χ2n) is 10.7. The first-order valence-corrected chi connectivity index (χ1v) is 14.4. The Morgan fingerprint density at radius 3 is 2.17 bits per heavy atom. The third kappa shape index (κ3) is 8.42. The highest BCUT2D eigenvalue weighted by molar-refractivity contribution is 5.69. The SMILES string of the molecule is CCCCCCCCC1(C#N)CCC(c2cc(OCCCCCC)ccc2-c2ccccc2)CC1. The van der Waals surface area contributed by atoms with Crippen LogP contribution in [-0.2, 0) is 0 Å². The van der Waals surface area contributed by atoms with Crippen molar-refractivity contribution >= 4 is 0 Å². The first-order chi connectivity index (χ1) is 17.2. The van der Waals surface area contributed by atoms with Crippen molar-refractivity contribution in [3.8, 4) is 22.9 Å². The summed E-state index contributed by atoms with van der Waals surface area (Å²) < 4.78 is 6.18. The fourth-order valence-corrected chi connectivity index (χ4v) is 5.71. The number of nitriles is 1. The van der Waals surface area contributed by atoms with E-state index in [9.17, 15) is 5.26 Å². The van der Waals surface area contributed by atoms with E-state index in [2.05, 4.69) is 68.4 Å². The molecule has 0 unspecified atom stereocenters. The molecule has 0 bridgehead atoms. The van der Waals surface area contributed by atoms with Gasteiger partial charge in [-0.05, 0) is 73.3 Å². The van der Waals surface area contributed by atoms with Gasteiger partial charge in [-0.1, -0.05) is 108 Å². The van der Waals surface area contributed by atoms with Gasteiger partial charge >= 0.3 is 0 Å². The maximum absolute atomic E-state index is 10.1. The summed E-state index contributed by atoms with van der Waals surface area (Å²) in [6.45, 7) is 5.31. The van der Waals surface area contributed by atoms with Crippen molar-refractivity contribution in [2.45, 2.75) is 116 Å². The first kappa shape index (κ1) is 27.3. The van der Waals surface area contributed by atoms with Gasteiger partial charge in [-0.15, -0.1) is 0 Å². The van der Waals surface area contributed by atoms with Gasteiger partial charge in [0.2, 0.25) is 0 Å². The molecule has 0 aromatic heterocycles. The Kier molecular flexibility index (Phi) is 11.7. The predicted octanol–water partition coefficient (Wildman–Crippen LogP) is 10.2. The molecule has 3 rings (SSSR count). The quantitative estimate of drug-likeness (QED) is 0.241. The van der Waals surface area contributed by atoms with Crippen LogP contribution < -0.4 is 4.74 Å². The van der Waals surface area contributed by atoms with Crippen molar-refractivity contribution < 1.29 is 4.74 Å². The summed E-state index contributed by atoms with van der Waals surface area (Å²) in [5.74, 6) is 1.50. The van der Waals surface area contributed by atoms with Gasteiger partial charge in [0, 0.05) is 0 Å². The highest BCUT2D eigenvalue weighted by atomic mass is 16.5. The van der Waals surface area contributed by atoms with Crippen molar-refractivity contribution in [2.24, 2.45) is 5.41 Å². The van der Waals surface area contributed by atoms with Crippen molar-refractivity contribution in [3.05, 3.63) is 54.1 Å². The number of ether oxygens (including phenoxy) is 1. The lowest BCUT2D eigenvalue weighted by Crippen LogP contribution is -2.25. The molecule has 35 heavy (non-hydrogen) atoms. The van der Waals surface area contributed by atoms with Gasteiger partial charge in [0.15, 0.2) is 0 Å². The zero-order valence-corrected chi connectivity index (χ0v) is 22.4. The summed E-state index contributed by atoms with van der Waals surface area (Å²) in [6, 6.07) is 20.2. The monoisotopic (exact) mass is 473 g/mol. The maximum atomic E-state index is 10.1. The second-order valence-corrected chi connectivity index (χ2v) is 10.7. The Morgan fingerprint density at radius 2 is 1.49 bits per heavy atom. The molecule has 0 radical (unpaired) electrons.